The first kappa shape index (κ1) is 18.2. The van der Waals surface area contributed by atoms with E-state index < -0.39 is 15.6 Å². The summed E-state index contributed by atoms with van der Waals surface area (Å²) in [6, 6.07) is 6.30. The lowest BCUT2D eigenvalue weighted by Crippen LogP contribution is -2.63. The van der Waals surface area contributed by atoms with Gasteiger partial charge in [0.25, 0.3) is 0 Å². The molecular weight excluding hydrogens is 376 g/mol. The lowest BCUT2D eigenvalue weighted by molar-refractivity contribution is -0.122. The third-order valence-corrected chi connectivity index (χ3v) is 7.43. The van der Waals surface area contributed by atoms with Crippen molar-refractivity contribution < 1.29 is 17.9 Å². The predicted octanol–water partition coefficient (Wildman–Crippen LogP) is 2.04. The van der Waals surface area contributed by atoms with Crippen LogP contribution in [0.1, 0.15) is 25.7 Å². The summed E-state index contributed by atoms with van der Waals surface area (Å²) in [6.07, 6.45) is 3.61. The number of sulfonamides is 1. The molecule has 3 fully saturated rings. The molecule has 6 nitrogen and oxygen atoms in total. The van der Waals surface area contributed by atoms with E-state index in [-0.39, 0.29) is 16.7 Å². The van der Waals surface area contributed by atoms with E-state index in [9.17, 15) is 13.2 Å². The van der Waals surface area contributed by atoms with Crippen molar-refractivity contribution in [3.05, 3.63) is 29.3 Å². The fourth-order valence-corrected chi connectivity index (χ4v) is 5.64. The molecule has 0 bridgehead atoms. The van der Waals surface area contributed by atoms with Gasteiger partial charge in [0.05, 0.1) is 17.1 Å². The lowest BCUT2D eigenvalue weighted by atomic mass is 9.87. The van der Waals surface area contributed by atoms with Crippen molar-refractivity contribution in [2.24, 2.45) is 11.8 Å². The Hall–Kier alpha value is -1.15. The van der Waals surface area contributed by atoms with Gasteiger partial charge >= 0.3 is 0 Å². The number of rotatable bonds is 6. The normalized spacial score (nSPS) is 25.2. The molecule has 3 aliphatic rings. The smallest absolute Gasteiger partial charge is 0.243 e. The van der Waals surface area contributed by atoms with E-state index in [1.54, 1.807) is 18.2 Å². The van der Waals surface area contributed by atoms with Gasteiger partial charge in [-0.25, -0.2) is 8.42 Å². The van der Waals surface area contributed by atoms with Gasteiger partial charge in [0.1, 0.15) is 0 Å². The van der Waals surface area contributed by atoms with Crippen LogP contribution in [0.2, 0.25) is 5.02 Å². The number of hydrogen-bond donors (Lipinski definition) is 1. The van der Waals surface area contributed by atoms with Crippen LogP contribution in [0.25, 0.3) is 0 Å². The van der Waals surface area contributed by atoms with Gasteiger partial charge in [-0.2, -0.15) is 4.31 Å². The standard InChI is InChI=1S/C18H23ClN2O4S/c19-15-2-1-3-16(7-15)26(23,24)21-11-18(12-21)8-14(10-25-18)6-17(22)20-9-13-4-5-13/h1-3,7,13-14H,4-6,8-12H2,(H,20,22)/t14-/m0/s1. The van der Waals surface area contributed by atoms with Gasteiger partial charge in [-0.1, -0.05) is 17.7 Å². The van der Waals surface area contributed by atoms with Gasteiger partial charge in [-0.15, -0.1) is 0 Å². The summed E-state index contributed by atoms with van der Waals surface area (Å²) in [6.45, 7) is 1.97. The number of carbonyl (C=O) groups is 1. The van der Waals surface area contributed by atoms with Crippen LogP contribution in [0, 0.1) is 11.8 Å². The highest BCUT2D eigenvalue weighted by molar-refractivity contribution is 7.89. The van der Waals surface area contributed by atoms with Crippen molar-refractivity contribution in [2.45, 2.75) is 36.2 Å². The summed E-state index contributed by atoms with van der Waals surface area (Å²) >= 11 is 5.91. The Kier molecular flexibility index (Phi) is 4.75. The average molecular weight is 399 g/mol. The molecule has 0 unspecified atom stereocenters. The minimum Gasteiger partial charge on any atom is -0.372 e. The Balaban J connectivity index is 1.30. The molecule has 1 N–H and O–H groups in total. The van der Waals surface area contributed by atoms with Crippen molar-refractivity contribution in [3.8, 4) is 0 Å². The molecule has 1 atom stereocenters. The molecule has 2 aliphatic heterocycles. The molecule has 1 amide bonds. The Bertz CT molecular complexity index is 803. The highest BCUT2D eigenvalue weighted by Crippen LogP contribution is 2.41. The minimum absolute atomic E-state index is 0.0743. The van der Waals surface area contributed by atoms with Crippen LogP contribution in [0.3, 0.4) is 0 Å². The second-order valence-electron chi connectivity index (χ2n) is 7.75. The molecule has 2 saturated heterocycles. The third-order valence-electron chi connectivity index (χ3n) is 5.41. The van der Waals surface area contributed by atoms with Crippen LogP contribution in [0.15, 0.2) is 29.2 Å². The average Bonchev–Trinajstić information content (AvgIpc) is 3.30. The molecule has 1 aliphatic carbocycles. The Morgan fingerprint density at radius 2 is 2.08 bits per heavy atom. The molecule has 8 heteroatoms. The quantitative estimate of drug-likeness (QED) is 0.795. The Morgan fingerprint density at radius 3 is 2.77 bits per heavy atom. The zero-order valence-electron chi connectivity index (χ0n) is 14.5. The second kappa shape index (κ2) is 6.78. The molecule has 2 heterocycles. The first-order chi connectivity index (χ1) is 12.4. The number of ether oxygens (including phenoxy) is 1. The summed E-state index contributed by atoms with van der Waals surface area (Å²) in [5, 5.41) is 3.38. The van der Waals surface area contributed by atoms with E-state index in [1.165, 1.54) is 23.2 Å². The SMILES string of the molecule is O=C(C[C@@H]1COC2(C1)CN(S(=O)(=O)c1cccc(Cl)c1)C2)NCC1CC1. The van der Waals surface area contributed by atoms with Crippen molar-refractivity contribution in [3.63, 3.8) is 0 Å². The predicted molar refractivity (Wildman–Crippen MR) is 97.4 cm³/mol. The fourth-order valence-electron chi connectivity index (χ4n) is 3.75. The maximum atomic E-state index is 12.7. The van der Waals surface area contributed by atoms with E-state index in [1.807, 2.05) is 0 Å². The van der Waals surface area contributed by atoms with Crippen LogP contribution in [-0.4, -0.2) is 50.5 Å². The highest BCUT2D eigenvalue weighted by Gasteiger charge is 2.53. The number of amides is 1. The van der Waals surface area contributed by atoms with Gasteiger partial charge < -0.3 is 10.1 Å². The van der Waals surface area contributed by atoms with E-state index in [0.717, 1.165) is 13.0 Å². The zero-order valence-corrected chi connectivity index (χ0v) is 16.1. The molecule has 26 heavy (non-hydrogen) atoms. The molecule has 0 radical (unpaired) electrons. The monoisotopic (exact) mass is 398 g/mol. The van der Waals surface area contributed by atoms with Crippen LogP contribution in [0.4, 0.5) is 0 Å². The summed E-state index contributed by atoms with van der Waals surface area (Å²) in [5.74, 6) is 0.900. The molecular formula is C18H23ClN2O4S. The number of carbonyl (C=O) groups excluding carboxylic acids is 1. The van der Waals surface area contributed by atoms with Crippen molar-refractivity contribution in [1.82, 2.24) is 9.62 Å². The van der Waals surface area contributed by atoms with Gasteiger partial charge in [0.2, 0.25) is 15.9 Å². The third kappa shape index (κ3) is 3.76. The number of hydrogen-bond acceptors (Lipinski definition) is 4. The number of nitrogens with zero attached hydrogens (tertiary/aromatic N) is 1. The maximum Gasteiger partial charge on any atom is 0.243 e. The van der Waals surface area contributed by atoms with E-state index in [2.05, 4.69) is 5.32 Å². The molecule has 4 rings (SSSR count). The number of halogens is 1. The second-order valence-corrected chi connectivity index (χ2v) is 10.1. The van der Waals surface area contributed by atoms with Crippen molar-refractivity contribution in [2.75, 3.05) is 26.2 Å². The number of nitrogens with one attached hydrogen (secondary N) is 1. The summed E-state index contributed by atoms with van der Waals surface area (Å²) in [5.41, 5.74) is -0.437. The first-order valence-electron chi connectivity index (χ1n) is 9.03. The van der Waals surface area contributed by atoms with Crippen molar-refractivity contribution >= 4 is 27.5 Å². The zero-order chi connectivity index (χ0) is 18.4. The minimum atomic E-state index is -3.55. The van der Waals surface area contributed by atoms with Gasteiger partial charge in [-0.3, -0.25) is 4.79 Å². The summed E-state index contributed by atoms with van der Waals surface area (Å²) in [7, 11) is -3.55. The summed E-state index contributed by atoms with van der Waals surface area (Å²) in [4.78, 5) is 12.2. The van der Waals surface area contributed by atoms with Crippen LogP contribution in [-0.2, 0) is 19.6 Å². The maximum absolute atomic E-state index is 12.7. The van der Waals surface area contributed by atoms with Crippen LogP contribution >= 0.6 is 11.6 Å². The first-order valence-corrected chi connectivity index (χ1v) is 10.8. The summed E-state index contributed by atoms with van der Waals surface area (Å²) < 4.78 is 32.7. The Morgan fingerprint density at radius 1 is 1.31 bits per heavy atom. The molecule has 1 saturated carbocycles. The highest BCUT2D eigenvalue weighted by atomic mass is 35.5. The molecule has 1 aromatic carbocycles. The number of benzene rings is 1. The van der Waals surface area contributed by atoms with Gasteiger partial charge in [-0.05, 0) is 49.3 Å². The molecule has 0 aromatic heterocycles. The van der Waals surface area contributed by atoms with Crippen molar-refractivity contribution in [1.29, 1.82) is 0 Å². The largest absolute Gasteiger partial charge is 0.372 e. The lowest BCUT2D eigenvalue weighted by Gasteiger charge is -2.46. The fraction of sp³-hybridized carbons (Fsp3) is 0.611. The van der Waals surface area contributed by atoms with Crippen LogP contribution < -0.4 is 5.32 Å². The Labute approximate surface area is 158 Å². The van der Waals surface area contributed by atoms with E-state index in [4.69, 9.17) is 16.3 Å². The van der Waals surface area contributed by atoms with Gasteiger partial charge in [0.15, 0.2) is 0 Å². The van der Waals surface area contributed by atoms with E-state index in [0.29, 0.717) is 37.1 Å². The van der Waals surface area contributed by atoms with Crippen LogP contribution in [0.5, 0.6) is 0 Å². The van der Waals surface area contributed by atoms with Gasteiger partial charge in [0, 0.05) is 31.1 Å². The molecule has 1 spiro atoms. The van der Waals surface area contributed by atoms with E-state index >= 15 is 0 Å². The molecule has 142 valence electrons. The molecule has 1 aromatic rings. The topological polar surface area (TPSA) is 75.7 Å².